The van der Waals surface area contributed by atoms with Crippen molar-refractivity contribution in [2.45, 2.75) is 19.9 Å². The number of hydrogen-bond donors (Lipinski definition) is 2. The maximum atomic E-state index is 11.5. The zero-order chi connectivity index (χ0) is 10.8. The Bertz CT molecular complexity index is 386. The van der Waals surface area contributed by atoms with Crippen LogP contribution in [0.5, 0.6) is 5.75 Å². The third-order valence-corrected chi connectivity index (χ3v) is 3.62. The quantitative estimate of drug-likeness (QED) is 0.747. The highest BCUT2D eigenvalue weighted by Crippen LogP contribution is 2.36. The smallest absolute Gasteiger partial charge is 0.352 e. The highest BCUT2D eigenvalue weighted by Gasteiger charge is 2.24. The van der Waals surface area contributed by atoms with Crippen LogP contribution in [0.1, 0.15) is 27.0 Å². The highest BCUT2D eigenvalue weighted by atomic mass is 32.1. The lowest BCUT2D eigenvalue weighted by Crippen LogP contribution is -2.21. The van der Waals surface area contributed by atoms with Crippen LogP contribution in [-0.4, -0.2) is 24.2 Å². The molecular weight excluding hydrogens is 214 g/mol. The van der Waals surface area contributed by atoms with Gasteiger partial charge >= 0.3 is 5.97 Å². The Labute approximate surface area is 91.9 Å². The van der Waals surface area contributed by atoms with Crippen molar-refractivity contribution >= 4 is 17.3 Å². The molecule has 4 nitrogen and oxygen atoms in total. The van der Waals surface area contributed by atoms with Gasteiger partial charge in [-0.15, -0.1) is 11.3 Å². The van der Waals surface area contributed by atoms with Crippen LogP contribution >= 0.6 is 11.3 Å². The molecule has 0 unspecified atom stereocenters. The Morgan fingerprint density at radius 1 is 1.67 bits per heavy atom. The maximum absolute atomic E-state index is 11.5. The average molecular weight is 227 g/mol. The van der Waals surface area contributed by atoms with Crippen LogP contribution in [0.4, 0.5) is 0 Å². The number of hydrogen-bond acceptors (Lipinski definition) is 5. The van der Waals surface area contributed by atoms with Crippen molar-refractivity contribution in [1.82, 2.24) is 5.32 Å². The van der Waals surface area contributed by atoms with Gasteiger partial charge < -0.3 is 15.2 Å². The van der Waals surface area contributed by atoms with E-state index in [0.717, 1.165) is 23.4 Å². The molecule has 1 aromatic heterocycles. The number of nitrogens with one attached hydrogen (secondary N) is 1. The molecule has 2 N–H and O–H groups in total. The van der Waals surface area contributed by atoms with E-state index in [1.807, 2.05) is 0 Å². The van der Waals surface area contributed by atoms with Crippen LogP contribution in [0.15, 0.2) is 0 Å². The van der Waals surface area contributed by atoms with Gasteiger partial charge in [-0.05, 0) is 13.3 Å². The van der Waals surface area contributed by atoms with Crippen molar-refractivity contribution in [1.29, 1.82) is 0 Å². The molecule has 0 saturated carbocycles. The van der Waals surface area contributed by atoms with E-state index in [1.54, 1.807) is 6.92 Å². The number of aromatic hydroxyl groups is 1. The predicted molar refractivity (Wildman–Crippen MR) is 57.4 cm³/mol. The minimum atomic E-state index is -0.422. The van der Waals surface area contributed by atoms with Crippen molar-refractivity contribution in [3.8, 4) is 5.75 Å². The largest absolute Gasteiger partial charge is 0.506 e. The van der Waals surface area contributed by atoms with Gasteiger partial charge in [-0.2, -0.15) is 0 Å². The molecule has 2 heterocycles. The molecule has 0 atom stereocenters. The molecule has 0 bridgehead atoms. The molecule has 0 saturated heterocycles. The van der Waals surface area contributed by atoms with Gasteiger partial charge in [0, 0.05) is 23.5 Å². The summed E-state index contributed by atoms with van der Waals surface area (Å²) in [5.41, 5.74) is 0.856. The average Bonchev–Trinajstić information content (AvgIpc) is 2.57. The van der Waals surface area contributed by atoms with E-state index in [9.17, 15) is 9.90 Å². The van der Waals surface area contributed by atoms with Crippen LogP contribution in [0.3, 0.4) is 0 Å². The summed E-state index contributed by atoms with van der Waals surface area (Å²) in [4.78, 5) is 12.9. The minimum absolute atomic E-state index is 0.0978. The molecule has 0 aromatic carbocycles. The van der Waals surface area contributed by atoms with Crippen molar-refractivity contribution < 1.29 is 14.6 Å². The monoisotopic (exact) mass is 227 g/mol. The summed E-state index contributed by atoms with van der Waals surface area (Å²) < 4.78 is 4.88. The van der Waals surface area contributed by atoms with E-state index in [0.29, 0.717) is 18.0 Å². The number of ether oxygens (including phenoxy) is 1. The van der Waals surface area contributed by atoms with Crippen molar-refractivity contribution in [2.24, 2.45) is 0 Å². The first-order chi connectivity index (χ1) is 7.24. The number of esters is 1. The molecule has 2 rings (SSSR count). The second-order valence-corrected chi connectivity index (χ2v) is 4.43. The molecule has 82 valence electrons. The number of carbonyl (C=O) groups excluding carboxylic acids is 1. The Balaban J connectivity index is 2.32. The van der Waals surface area contributed by atoms with Crippen LogP contribution in [0, 0.1) is 0 Å². The summed E-state index contributed by atoms with van der Waals surface area (Å²) in [6.45, 7) is 3.62. The molecule has 0 amide bonds. The van der Waals surface area contributed by atoms with Gasteiger partial charge in [-0.1, -0.05) is 0 Å². The Morgan fingerprint density at radius 3 is 3.13 bits per heavy atom. The normalized spacial score (nSPS) is 14.7. The second kappa shape index (κ2) is 4.20. The van der Waals surface area contributed by atoms with Crippen molar-refractivity contribution in [3.05, 3.63) is 15.3 Å². The van der Waals surface area contributed by atoms with Gasteiger partial charge in [0.1, 0.15) is 5.75 Å². The van der Waals surface area contributed by atoms with Gasteiger partial charge in [0.2, 0.25) is 0 Å². The van der Waals surface area contributed by atoms with Crippen molar-refractivity contribution in [2.75, 3.05) is 13.2 Å². The van der Waals surface area contributed by atoms with E-state index in [4.69, 9.17) is 4.74 Å². The lowest BCUT2D eigenvalue weighted by Gasteiger charge is -2.11. The maximum Gasteiger partial charge on any atom is 0.352 e. The van der Waals surface area contributed by atoms with E-state index in [2.05, 4.69) is 5.32 Å². The zero-order valence-electron chi connectivity index (χ0n) is 8.50. The van der Waals surface area contributed by atoms with Gasteiger partial charge in [0.05, 0.1) is 6.61 Å². The van der Waals surface area contributed by atoms with E-state index in [-0.39, 0.29) is 5.75 Å². The third kappa shape index (κ3) is 1.85. The minimum Gasteiger partial charge on any atom is -0.506 e. The van der Waals surface area contributed by atoms with Crippen LogP contribution in [-0.2, 0) is 17.7 Å². The first-order valence-electron chi connectivity index (χ1n) is 4.95. The molecule has 0 radical (unpaired) electrons. The summed E-state index contributed by atoms with van der Waals surface area (Å²) in [5, 5.41) is 13.0. The van der Waals surface area contributed by atoms with E-state index < -0.39 is 5.97 Å². The summed E-state index contributed by atoms with van der Waals surface area (Å²) in [5.74, 6) is -0.324. The lowest BCUT2D eigenvalue weighted by molar-refractivity contribution is 0.0529. The first-order valence-corrected chi connectivity index (χ1v) is 5.77. The molecule has 1 aromatic rings. The Kier molecular flexibility index (Phi) is 2.93. The first kappa shape index (κ1) is 10.4. The van der Waals surface area contributed by atoms with E-state index >= 15 is 0 Å². The standard InChI is InChI=1S/C10H13NO3S/c1-2-14-10(13)9-8(12)6-5-11-4-3-7(6)15-9/h11-12H,2-5H2,1H3. The molecule has 15 heavy (non-hydrogen) atoms. The number of thiophene rings is 1. The third-order valence-electron chi connectivity index (χ3n) is 2.35. The zero-order valence-corrected chi connectivity index (χ0v) is 9.32. The van der Waals surface area contributed by atoms with Gasteiger partial charge in [0.25, 0.3) is 0 Å². The van der Waals surface area contributed by atoms with Crippen LogP contribution in [0.2, 0.25) is 0 Å². The number of fused-ring (bicyclic) bond motifs is 1. The fourth-order valence-electron chi connectivity index (χ4n) is 1.64. The molecule has 0 spiro atoms. The molecule has 1 aliphatic rings. The van der Waals surface area contributed by atoms with Gasteiger partial charge in [0.15, 0.2) is 4.88 Å². The van der Waals surface area contributed by atoms with Crippen LogP contribution < -0.4 is 5.32 Å². The summed E-state index contributed by atoms with van der Waals surface area (Å²) in [6.07, 6.45) is 0.868. The SMILES string of the molecule is CCOC(=O)c1sc2c(c1O)CNCC2. The number of rotatable bonds is 2. The number of carbonyl (C=O) groups is 1. The Hall–Kier alpha value is -1.07. The molecule has 1 aliphatic heterocycles. The van der Waals surface area contributed by atoms with Crippen LogP contribution in [0.25, 0.3) is 0 Å². The van der Waals surface area contributed by atoms with Gasteiger partial charge in [-0.3, -0.25) is 0 Å². The van der Waals surface area contributed by atoms with Crippen molar-refractivity contribution in [3.63, 3.8) is 0 Å². The topological polar surface area (TPSA) is 58.6 Å². The Morgan fingerprint density at radius 2 is 2.47 bits per heavy atom. The second-order valence-electron chi connectivity index (χ2n) is 3.33. The molecule has 0 aliphatic carbocycles. The van der Waals surface area contributed by atoms with E-state index in [1.165, 1.54) is 11.3 Å². The predicted octanol–water partition coefficient (Wildman–Crippen LogP) is 1.28. The summed E-state index contributed by atoms with van der Waals surface area (Å²) in [6, 6.07) is 0. The van der Waals surface area contributed by atoms with Gasteiger partial charge in [-0.25, -0.2) is 4.79 Å². The molecule has 5 heteroatoms. The fraction of sp³-hybridized carbons (Fsp3) is 0.500. The molecule has 0 fully saturated rings. The fourth-order valence-corrected chi connectivity index (χ4v) is 2.74. The summed E-state index contributed by atoms with van der Waals surface area (Å²) in [7, 11) is 0. The highest BCUT2D eigenvalue weighted by molar-refractivity contribution is 7.14. The lowest BCUT2D eigenvalue weighted by atomic mass is 10.1. The molecular formula is C10H13NO3S. The summed E-state index contributed by atoms with van der Waals surface area (Å²) >= 11 is 1.35.